The first-order valence-corrected chi connectivity index (χ1v) is 12.6. The zero-order chi connectivity index (χ0) is 28.2. The number of allylic oxidation sites excluding steroid dienone is 1. The van der Waals surface area contributed by atoms with Crippen molar-refractivity contribution in [2.75, 3.05) is 4.90 Å². The van der Waals surface area contributed by atoms with E-state index in [2.05, 4.69) is 5.32 Å². The van der Waals surface area contributed by atoms with Crippen LogP contribution in [0.3, 0.4) is 0 Å². The molecule has 0 radical (unpaired) electrons. The Balaban J connectivity index is 1.92. The van der Waals surface area contributed by atoms with E-state index in [9.17, 15) is 20.1 Å². The molecule has 1 atom stereocenters. The second-order valence-electron chi connectivity index (χ2n) is 10.5. The molecule has 0 spiro atoms. The molecule has 3 aromatic rings. The average Bonchev–Trinajstić information content (AvgIpc) is 3.11. The van der Waals surface area contributed by atoms with Crippen molar-refractivity contribution in [1.82, 2.24) is 5.32 Å². The number of aryl methyl sites for hydroxylation is 1. The van der Waals surface area contributed by atoms with Gasteiger partial charge < -0.3 is 15.0 Å². The summed E-state index contributed by atoms with van der Waals surface area (Å²) < 4.78 is 5.59. The standard InChI is InChI=1S/C32H30N4O3/c1-22-11-10-14-24(17-22)26(25(19-33)20-34)18-32(35-30(38)39-31(2,3)4)27-15-8-9-16-28(27)36(29(32)37)21-23-12-6-5-7-13-23/h5-17H,18,21H2,1-4H3,(H,35,38)/t32-/m1/s1. The van der Waals surface area contributed by atoms with E-state index < -0.39 is 17.2 Å². The van der Waals surface area contributed by atoms with Crippen molar-refractivity contribution >= 4 is 23.3 Å². The molecule has 1 N–H and O–H groups in total. The van der Waals surface area contributed by atoms with Crippen LogP contribution >= 0.6 is 0 Å². The van der Waals surface area contributed by atoms with Gasteiger partial charge in [-0.2, -0.15) is 10.5 Å². The van der Waals surface area contributed by atoms with E-state index >= 15 is 0 Å². The zero-order valence-electron chi connectivity index (χ0n) is 22.5. The zero-order valence-corrected chi connectivity index (χ0v) is 22.5. The van der Waals surface area contributed by atoms with Crippen molar-refractivity contribution in [2.24, 2.45) is 0 Å². The van der Waals surface area contributed by atoms with Crippen LogP contribution in [0.2, 0.25) is 0 Å². The largest absolute Gasteiger partial charge is 0.444 e. The van der Waals surface area contributed by atoms with Crippen LogP contribution in [0.5, 0.6) is 0 Å². The highest BCUT2D eigenvalue weighted by atomic mass is 16.6. The summed E-state index contributed by atoms with van der Waals surface area (Å²) in [5, 5.41) is 22.7. The van der Waals surface area contributed by atoms with E-state index in [1.165, 1.54) is 0 Å². The van der Waals surface area contributed by atoms with E-state index in [1.54, 1.807) is 43.9 Å². The SMILES string of the molecule is Cc1cccc(C(C[C@]2(NC(=O)OC(C)(C)C)C(=O)N(Cc3ccccc3)c3ccccc32)=C(C#N)C#N)c1. The number of alkyl carbamates (subject to hydrolysis) is 1. The van der Waals surface area contributed by atoms with Gasteiger partial charge in [0.05, 0.1) is 12.2 Å². The first kappa shape index (κ1) is 27.2. The molecule has 0 saturated heterocycles. The summed E-state index contributed by atoms with van der Waals surface area (Å²) in [6.07, 6.45) is -0.890. The van der Waals surface area contributed by atoms with Crippen molar-refractivity contribution < 1.29 is 14.3 Å². The van der Waals surface area contributed by atoms with Crippen molar-refractivity contribution in [3.63, 3.8) is 0 Å². The number of anilines is 1. The maximum Gasteiger partial charge on any atom is 0.408 e. The van der Waals surface area contributed by atoms with Crippen molar-refractivity contribution in [3.05, 3.63) is 107 Å². The molecule has 1 heterocycles. The van der Waals surface area contributed by atoms with Crippen LogP contribution in [-0.4, -0.2) is 17.6 Å². The van der Waals surface area contributed by atoms with E-state index in [-0.39, 0.29) is 24.4 Å². The Kier molecular flexibility index (Phi) is 7.56. The Morgan fingerprint density at radius 2 is 1.64 bits per heavy atom. The van der Waals surface area contributed by atoms with Crippen LogP contribution in [0.4, 0.5) is 10.5 Å². The smallest absolute Gasteiger partial charge is 0.408 e. The van der Waals surface area contributed by atoms with Crippen molar-refractivity contribution in [1.29, 1.82) is 10.5 Å². The summed E-state index contributed by atoms with van der Waals surface area (Å²) in [6, 6.07) is 28.2. The molecule has 7 heteroatoms. The molecule has 0 aliphatic carbocycles. The van der Waals surface area contributed by atoms with Crippen LogP contribution in [0, 0.1) is 29.6 Å². The van der Waals surface area contributed by atoms with E-state index in [0.29, 0.717) is 22.4 Å². The first-order valence-electron chi connectivity index (χ1n) is 12.6. The Bertz CT molecular complexity index is 1510. The third-order valence-corrected chi connectivity index (χ3v) is 6.50. The number of carbonyl (C=O) groups excluding carboxylic acids is 2. The van der Waals surface area contributed by atoms with E-state index in [0.717, 1.165) is 11.1 Å². The number of fused-ring (bicyclic) bond motifs is 1. The topological polar surface area (TPSA) is 106 Å². The molecule has 0 saturated carbocycles. The lowest BCUT2D eigenvalue weighted by molar-refractivity contribution is -0.124. The van der Waals surface area contributed by atoms with Gasteiger partial charge in [0, 0.05) is 12.0 Å². The molecule has 1 aliphatic rings. The second-order valence-corrected chi connectivity index (χ2v) is 10.5. The minimum Gasteiger partial charge on any atom is -0.444 e. The summed E-state index contributed by atoms with van der Waals surface area (Å²) >= 11 is 0. The summed E-state index contributed by atoms with van der Waals surface area (Å²) in [5.74, 6) is -0.376. The molecule has 0 unspecified atom stereocenters. The lowest BCUT2D eigenvalue weighted by Crippen LogP contribution is -2.54. The summed E-state index contributed by atoms with van der Waals surface area (Å²) in [7, 11) is 0. The summed E-state index contributed by atoms with van der Waals surface area (Å²) in [4.78, 5) is 29.4. The maximum atomic E-state index is 14.5. The molecule has 2 amide bonds. The Morgan fingerprint density at radius 3 is 2.28 bits per heavy atom. The number of para-hydroxylation sites is 1. The molecule has 1 aliphatic heterocycles. The van der Waals surface area contributed by atoms with E-state index in [4.69, 9.17) is 4.74 Å². The number of benzene rings is 3. The highest BCUT2D eigenvalue weighted by molar-refractivity contribution is 6.10. The molecule has 4 rings (SSSR count). The number of amides is 2. The monoisotopic (exact) mass is 518 g/mol. The van der Waals surface area contributed by atoms with Crippen LogP contribution in [-0.2, 0) is 21.6 Å². The highest BCUT2D eigenvalue weighted by Crippen LogP contribution is 2.46. The minimum absolute atomic E-state index is 0.118. The minimum atomic E-state index is -1.62. The van der Waals surface area contributed by atoms with Gasteiger partial charge >= 0.3 is 6.09 Å². The highest BCUT2D eigenvalue weighted by Gasteiger charge is 2.53. The molecule has 3 aromatic carbocycles. The lowest BCUT2D eigenvalue weighted by Gasteiger charge is -2.32. The Labute approximate surface area is 228 Å². The second kappa shape index (κ2) is 10.8. The Hall–Kier alpha value is -4.88. The average molecular weight is 519 g/mol. The normalized spacial score (nSPS) is 16.1. The molecular weight excluding hydrogens is 488 g/mol. The third-order valence-electron chi connectivity index (χ3n) is 6.50. The van der Waals surface area contributed by atoms with Gasteiger partial charge in [-0.25, -0.2) is 4.79 Å². The Morgan fingerprint density at radius 1 is 0.974 bits per heavy atom. The summed E-state index contributed by atoms with van der Waals surface area (Å²) in [6.45, 7) is 7.42. The van der Waals surface area contributed by atoms with Gasteiger partial charge in [0.25, 0.3) is 5.91 Å². The number of nitrogens with zero attached hydrogens (tertiary/aromatic N) is 3. The number of hydrogen-bond acceptors (Lipinski definition) is 5. The number of nitrogens with one attached hydrogen (secondary N) is 1. The third kappa shape index (κ3) is 5.68. The molecule has 0 fully saturated rings. The fourth-order valence-electron chi connectivity index (χ4n) is 4.85. The van der Waals surface area contributed by atoms with Crippen molar-refractivity contribution in [2.45, 2.75) is 51.8 Å². The van der Waals surface area contributed by atoms with Gasteiger partial charge in [0.1, 0.15) is 23.3 Å². The molecule has 196 valence electrons. The predicted octanol–water partition coefficient (Wildman–Crippen LogP) is 6.15. The molecule has 7 nitrogen and oxygen atoms in total. The predicted molar refractivity (Wildman–Crippen MR) is 149 cm³/mol. The van der Waals surface area contributed by atoms with Gasteiger partial charge in [0.2, 0.25) is 0 Å². The number of ether oxygens (including phenoxy) is 1. The maximum absolute atomic E-state index is 14.5. The first-order chi connectivity index (χ1) is 18.6. The molecule has 0 bridgehead atoms. The quantitative estimate of drug-likeness (QED) is 0.394. The number of rotatable bonds is 6. The summed E-state index contributed by atoms with van der Waals surface area (Å²) in [5.41, 5.74) is 1.49. The van der Waals surface area contributed by atoms with Crippen molar-refractivity contribution in [3.8, 4) is 12.1 Å². The van der Waals surface area contributed by atoms with Crippen LogP contribution in [0.25, 0.3) is 5.57 Å². The van der Waals surface area contributed by atoms with Crippen LogP contribution in [0.1, 0.15) is 49.4 Å². The molecule has 39 heavy (non-hydrogen) atoms. The van der Waals surface area contributed by atoms with Gasteiger partial charge in [-0.15, -0.1) is 0 Å². The van der Waals surface area contributed by atoms with Gasteiger partial charge in [-0.1, -0.05) is 78.4 Å². The fourth-order valence-corrected chi connectivity index (χ4v) is 4.85. The van der Waals surface area contributed by atoms with Crippen LogP contribution in [0.15, 0.2) is 84.4 Å². The van der Waals surface area contributed by atoms with Gasteiger partial charge in [-0.05, 0) is 50.5 Å². The molecule has 0 aromatic heterocycles. The van der Waals surface area contributed by atoms with Gasteiger partial charge in [-0.3, -0.25) is 4.79 Å². The fraction of sp³-hybridized carbons (Fsp3) is 0.250. The molecular formula is C32H30N4O3. The van der Waals surface area contributed by atoms with Gasteiger partial charge in [0.15, 0.2) is 5.54 Å². The number of nitriles is 2. The number of hydrogen-bond donors (Lipinski definition) is 1. The van der Waals surface area contributed by atoms with E-state index in [1.807, 2.05) is 79.7 Å². The lowest BCUT2D eigenvalue weighted by atomic mass is 9.81. The van der Waals surface area contributed by atoms with Crippen LogP contribution < -0.4 is 10.2 Å². The number of carbonyl (C=O) groups is 2.